The van der Waals surface area contributed by atoms with Crippen LogP contribution in [-0.2, 0) is 9.53 Å². The highest BCUT2D eigenvalue weighted by Crippen LogP contribution is 2.02. The highest BCUT2D eigenvalue weighted by Gasteiger charge is 2.14. The van der Waals surface area contributed by atoms with Crippen molar-refractivity contribution in [3.8, 4) is 0 Å². The molecule has 1 saturated heterocycles. The second-order valence-electron chi connectivity index (χ2n) is 3.45. The van der Waals surface area contributed by atoms with Gasteiger partial charge in [0.25, 0.3) is 0 Å². The van der Waals surface area contributed by atoms with E-state index in [1.807, 2.05) is 0 Å². The molecule has 0 aromatic heterocycles. The molecule has 76 valence electrons. The average Bonchev–Trinajstić information content (AvgIpc) is 2.27. The zero-order valence-electron chi connectivity index (χ0n) is 8.03. The van der Waals surface area contributed by atoms with Gasteiger partial charge in [-0.05, 0) is 13.3 Å². The first kappa shape index (κ1) is 10.5. The first-order valence-electron chi connectivity index (χ1n) is 4.74. The van der Waals surface area contributed by atoms with Gasteiger partial charge in [-0.2, -0.15) is 0 Å². The molecule has 1 N–H and O–H groups in total. The van der Waals surface area contributed by atoms with Crippen LogP contribution < -0.4 is 0 Å². The monoisotopic (exact) mass is 187 g/mol. The number of aliphatic hydroxyl groups is 1. The molecule has 0 spiro atoms. The molecule has 1 fully saturated rings. The number of ether oxygens (including phenoxy) is 1. The quantitative estimate of drug-likeness (QED) is 0.632. The van der Waals surface area contributed by atoms with Gasteiger partial charge in [0.1, 0.15) is 6.61 Å². The summed E-state index contributed by atoms with van der Waals surface area (Å²) in [6.07, 6.45) is 0.966. The average molecular weight is 187 g/mol. The van der Waals surface area contributed by atoms with E-state index in [0.717, 1.165) is 26.1 Å². The van der Waals surface area contributed by atoms with Crippen molar-refractivity contribution in [3.05, 3.63) is 0 Å². The Hall–Kier alpha value is -0.610. The summed E-state index contributed by atoms with van der Waals surface area (Å²) in [6.45, 7) is 4.65. The topological polar surface area (TPSA) is 49.8 Å². The van der Waals surface area contributed by atoms with Gasteiger partial charge in [-0.25, -0.2) is 0 Å². The van der Waals surface area contributed by atoms with Gasteiger partial charge >= 0.3 is 5.97 Å². The van der Waals surface area contributed by atoms with Crippen LogP contribution in [0.2, 0.25) is 0 Å². The van der Waals surface area contributed by atoms with Crippen molar-refractivity contribution in [2.24, 2.45) is 0 Å². The molecule has 1 aliphatic rings. The lowest BCUT2D eigenvalue weighted by Crippen LogP contribution is -2.29. The Morgan fingerprint density at radius 1 is 1.62 bits per heavy atom. The van der Waals surface area contributed by atoms with Crippen LogP contribution in [0.15, 0.2) is 0 Å². The van der Waals surface area contributed by atoms with Crippen LogP contribution in [0.25, 0.3) is 0 Å². The van der Waals surface area contributed by atoms with Crippen molar-refractivity contribution in [2.75, 3.05) is 26.2 Å². The summed E-state index contributed by atoms with van der Waals surface area (Å²) in [6, 6.07) is 0. The van der Waals surface area contributed by atoms with Gasteiger partial charge in [0, 0.05) is 19.6 Å². The van der Waals surface area contributed by atoms with Crippen LogP contribution in [-0.4, -0.2) is 48.3 Å². The molecule has 1 heterocycles. The molecule has 1 rings (SSSR count). The summed E-state index contributed by atoms with van der Waals surface area (Å²) in [5.41, 5.74) is 0. The number of carbonyl (C=O) groups excluding carboxylic acids is 1. The Morgan fingerprint density at radius 2 is 2.38 bits per heavy atom. The number of cyclic esters (lactones) is 1. The molecule has 13 heavy (non-hydrogen) atoms. The molecule has 4 heteroatoms. The second kappa shape index (κ2) is 5.19. The van der Waals surface area contributed by atoms with Crippen molar-refractivity contribution < 1.29 is 14.6 Å². The van der Waals surface area contributed by atoms with E-state index in [-0.39, 0.29) is 12.1 Å². The molecule has 0 aliphatic carbocycles. The summed E-state index contributed by atoms with van der Waals surface area (Å²) in [7, 11) is 0. The fourth-order valence-corrected chi connectivity index (χ4v) is 1.31. The minimum Gasteiger partial charge on any atom is -0.464 e. The van der Waals surface area contributed by atoms with Crippen molar-refractivity contribution in [1.29, 1.82) is 0 Å². The number of aliphatic hydroxyl groups excluding tert-OH is 1. The van der Waals surface area contributed by atoms with Gasteiger partial charge < -0.3 is 9.84 Å². The third-order valence-electron chi connectivity index (χ3n) is 2.17. The minimum absolute atomic E-state index is 0.112. The minimum atomic E-state index is -0.264. The fourth-order valence-electron chi connectivity index (χ4n) is 1.31. The molecule has 0 bridgehead atoms. The van der Waals surface area contributed by atoms with Crippen LogP contribution in [0.5, 0.6) is 0 Å². The summed E-state index contributed by atoms with van der Waals surface area (Å²) < 4.78 is 4.90. The summed E-state index contributed by atoms with van der Waals surface area (Å²) in [5, 5.41) is 9.08. The van der Waals surface area contributed by atoms with Gasteiger partial charge in [0.2, 0.25) is 0 Å². The second-order valence-corrected chi connectivity index (χ2v) is 3.45. The van der Waals surface area contributed by atoms with E-state index < -0.39 is 0 Å². The Bertz CT molecular complexity index is 170. The molecule has 0 aromatic carbocycles. The summed E-state index contributed by atoms with van der Waals surface area (Å²) in [5.74, 6) is -0.112. The van der Waals surface area contributed by atoms with Crippen LogP contribution in [0, 0.1) is 0 Å². The maximum absolute atomic E-state index is 10.9. The Morgan fingerprint density at radius 3 is 3.08 bits per heavy atom. The highest BCUT2D eigenvalue weighted by atomic mass is 16.5. The smallest absolute Gasteiger partial charge is 0.307 e. The lowest BCUT2D eigenvalue weighted by atomic mass is 10.2. The number of rotatable bonds is 3. The Kier molecular flexibility index (Phi) is 4.18. The lowest BCUT2D eigenvalue weighted by molar-refractivity contribution is -0.142. The van der Waals surface area contributed by atoms with Gasteiger partial charge in [0.05, 0.1) is 12.5 Å². The van der Waals surface area contributed by atoms with E-state index >= 15 is 0 Å². The van der Waals surface area contributed by atoms with E-state index in [1.165, 1.54) is 0 Å². The van der Waals surface area contributed by atoms with Crippen LogP contribution in [0.3, 0.4) is 0 Å². The van der Waals surface area contributed by atoms with Gasteiger partial charge in [-0.1, -0.05) is 0 Å². The predicted octanol–water partition coefficient (Wildman–Crippen LogP) is 0.00620. The van der Waals surface area contributed by atoms with E-state index in [1.54, 1.807) is 6.92 Å². The standard InChI is InChI=1S/C9H17NO3/c1-8(11)2-4-10-5-3-9(12)13-7-6-10/h8,11H,2-7H2,1H3. The number of hydrogen-bond donors (Lipinski definition) is 1. The third-order valence-corrected chi connectivity index (χ3v) is 2.17. The van der Waals surface area contributed by atoms with Crippen LogP contribution >= 0.6 is 0 Å². The predicted molar refractivity (Wildman–Crippen MR) is 48.3 cm³/mol. The fraction of sp³-hybridized carbons (Fsp3) is 0.889. The molecule has 0 radical (unpaired) electrons. The van der Waals surface area contributed by atoms with Crippen molar-refractivity contribution in [1.82, 2.24) is 4.90 Å². The highest BCUT2D eigenvalue weighted by molar-refractivity contribution is 5.69. The normalized spacial score (nSPS) is 22.2. The SMILES string of the molecule is CC(O)CCN1CCOC(=O)CC1. The molecule has 0 aromatic rings. The maximum Gasteiger partial charge on any atom is 0.307 e. The molecule has 4 nitrogen and oxygen atoms in total. The molecule has 1 aliphatic heterocycles. The van der Waals surface area contributed by atoms with E-state index in [0.29, 0.717) is 13.0 Å². The number of nitrogens with zero attached hydrogens (tertiary/aromatic N) is 1. The molecule has 0 saturated carbocycles. The maximum atomic E-state index is 10.9. The molecule has 1 unspecified atom stereocenters. The zero-order valence-corrected chi connectivity index (χ0v) is 8.03. The Balaban J connectivity index is 2.22. The van der Waals surface area contributed by atoms with Crippen molar-refractivity contribution in [3.63, 3.8) is 0 Å². The van der Waals surface area contributed by atoms with E-state index in [4.69, 9.17) is 9.84 Å². The first-order valence-corrected chi connectivity index (χ1v) is 4.74. The molecule has 1 atom stereocenters. The number of hydrogen-bond acceptors (Lipinski definition) is 4. The number of esters is 1. The first-order chi connectivity index (χ1) is 6.18. The third kappa shape index (κ3) is 4.24. The summed E-state index contributed by atoms with van der Waals surface area (Å²) >= 11 is 0. The van der Waals surface area contributed by atoms with Gasteiger partial charge in [-0.15, -0.1) is 0 Å². The number of carbonyl (C=O) groups is 1. The Labute approximate surface area is 78.5 Å². The summed E-state index contributed by atoms with van der Waals surface area (Å²) in [4.78, 5) is 13.0. The molecular weight excluding hydrogens is 170 g/mol. The van der Waals surface area contributed by atoms with E-state index in [9.17, 15) is 4.79 Å². The van der Waals surface area contributed by atoms with Crippen LogP contribution in [0.1, 0.15) is 19.8 Å². The van der Waals surface area contributed by atoms with Gasteiger partial charge in [-0.3, -0.25) is 9.69 Å². The largest absolute Gasteiger partial charge is 0.464 e. The molecular formula is C9H17NO3. The lowest BCUT2D eigenvalue weighted by Gasteiger charge is -2.18. The van der Waals surface area contributed by atoms with Crippen molar-refractivity contribution >= 4 is 5.97 Å². The van der Waals surface area contributed by atoms with Crippen LogP contribution in [0.4, 0.5) is 0 Å². The van der Waals surface area contributed by atoms with Gasteiger partial charge in [0.15, 0.2) is 0 Å². The van der Waals surface area contributed by atoms with Crippen molar-refractivity contribution in [2.45, 2.75) is 25.9 Å². The zero-order chi connectivity index (χ0) is 9.68. The molecule has 0 amide bonds. The van der Waals surface area contributed by atoms with E-state index in [2.05, 4.69) is 4.90 Å².